The Labute approximate surface area is 127 Å². The third-order valence-corrected chi connectivity index (χ3v) is 3.69. The number of amides is 2. The molecular formula is C14H19BrN2O3. The van der Waals surface area contributed by atoms with Crippen LogP contribution < -0.4 is 20.1 Å². The minimum atomic E-state index is -0.162. The smallest absolute Gasteiger partial charge is 0.315 e. The molecule has 1 aliphatic heterocycles. The van der Waals surface area contributed by atoms with Crippen molar-refractivity contribution in [3.63, 3.8) is 0 Å². The van der Waals surface area contributed by atoms with E-state index < -0.39 is 0 Å². The number of benzene rings is 1. The van der Waals surface area contributed by atoms with Crippen LogP contribution in [0.15, 0.2) is 16.6 Å². The standard InChI is InChI=1S/C14H19BrN2O3/c1-3-9(2)17-14(18)16-8-10-6-11(15)13-12(7-10)19-4-5-20-13/h6-7,9H,3-5,8H2,1-2H3,(H2,16,17,18)/t9-/m0/s1. The molecule has 2 rings (SSSR count). The molecule has 1 atom stereocenters. The SMILES string of the molecule is CC[C@H](C)NC(=O)NCc1cc(Br)c2c(c1)OCCO2. The van der Waals surface area contributed by atoms with Gasteiger partial charge < -0.3 is 20.1 Å². The first-order chi connectivity index (χ1) is 9.60. The van der Waals surface area contributed by atoms with Crippen molar-refractivity contribution in [2.24, 2.45) is 0 Å². The second kappa shape index (κ2) is 6.83. The van der Waals surface area contributed by atoms with Crippen molar-refractivity contribution >= 4 is 22.0 Å². The Morgan fingerprint density at radius 1 is 1.40 bits per heavy atom. The number of ether oxygens (including phenoxy) is 2. The van der Waals surface area contributed by atoms with Gasteiger partial charge in [0.25, 0.3) is 0 Å². The number of hydrogen-bond acceptors (Lipinski definition) is 3. The van der Waals surface area contributed by atoms with E-state index in [4.69, 9.17) is 9.47 Å². The molecular weight excluding hydrogens is 324 g/mol. The Bertz CT molecular complexity index is 494. The molecule has 0 fully saturated rings. The number of carbonyl (C=O) groups excluding carboxylic acids is 1. The fourth-order valence-corrected chi connectivity index (χ4v) is 2.43. The first-order valence-corrected chi connectivity index (χ1v) is 7.51. The fourth-order valence-electron chi connectivity index (χ4n) is 1.83. The molecule has 0 unspecified atom stereocenters. The number of fused-ring (bicyclic) bond motifs is 1. The van der Waals surface area contributed by atoms with Crippen LogP contribution in [0.4, 0.5) is 4.79 Å². The van der Waals surface area contributed by atoms with Crippen LogP contribution >= 0.6 is 15.9 Å². The van der Waals surface area contributed by atoms with Crippen LogP contribution in [-0.4, -0.2) is 25.3 Å². The maximum Gasteiger partial charge on any atom is 0.315 e. The van der Waals surface area contributed by atoms with Gasteiger partial charge in [-0.15, -0.1) is 0 Å². The molecule has 20 heavy (non-hydrogen) atoms. The van der Waals surface area contributed by atoms with Gasteiger partial charge in [0.1, 0.15) is 13.2 Å². The van der Waals surface area contributed by atoms with Gasteiger partial charge in [-0.05, 0) is 47.0 Å². The molecule has 2 N–H and O–H groups in total. The normalized spacial score (nSPS) is 14.6. The van der Waals surface area contributed by atoms with Crippen LogP contribution in [0, 0.1) is 0 Å². The molecule has 0 aliphatic carbocycles. The zero-order chi connectivity index (χ0) is 14.5. The van der Waals surface area contributed by atoms with Crippen LogP contribution in [0.3, 0.4) is 0 Å². The molecule has 110 valence electrons. The number of hydrogen-bond donors (Lipinski definition) is 2. The fraction of sp³-hybridized carbons (Fsp3) is 0.500. The first-order valence-electron chi connectivity index (χ1n) is 6.72. The Hall–Kier alpha value is -1.43. The highest BCUT2D eigenvalue weighted by Crippen LogP contribution is 2.38. The van der Waals surface area contributed by atoms with Crippen molar-refractivity contribution in [3.05, 3.63) is 22.2 Å². The second-order valence-corrected chi connectivity index (χ2v) is 5.59. The second-order valence-electron chi connectivity index (χ2n) is 4.74. The molecule has 0 bridgehead atoms. The first kappa shape index (κ1) is 15.0. The summed E-state index contributed by atoms with van der Waals surface area (Å²) in [6.45, 7) is 5.55. The predicted molar refractivity (Wildman–Crippen MR) is 80.3 cm³/mol. The van der Waals surface area contributed by atoms with Gasteiger partial charge in [0.15, 0.2) is 11.5 Å². The van der Waals surface area contributed by atoms with Gasteiger partial charge in [-0.1, -0.05) is 6.92 Å². The van der Waals surface area contributed by atoms with E-state index in [1.165, 1.54) is 0 Å². The molecule has 1 heterocycles. The lowest BCUT2D eigenvalue weighted by Gasteiger charge is -2.20. The van der Waals surface area contributed by atoms with Crippen molar-refractivity contribution in [3.8, 4) is 11.5 Å². The molecule has 1 aromatic rings. The summed E-state index contributed by atoms with van der Waals surface area (Å²) >= 11 is 3.46. The van der Waals surface area contributed by atoms with Gasteiger partial charge in [0.05, 0.1) is 4.47 Å². The number of nitrogens with one attached hydrogen (secondary N) is 2. The lowest BCUT2D eigenvalue weighted by Crippen LogP contribution is -2.40. The number of rotatable bonds is 4. The Kier molecular flexibility index (Phi) is 5.11. The van der Waals surface area contributed by atoms with Gasteiger partial charge >= 0.3 is 6.03 Å². The predicted octanol–water partition coefficient (Wildman–Crippen LogP) is 2.82. The van der Waals surface area contributed by atoms with Gasteiger partial charge in [-0.2, -0.15) is 0 Å². The summed E-state index contributed by atoms with van der Waals surface area (Å²) in [6.07, 6.45) is 0.906. The van der Waals surface area contributed by atoms with Gasteiger partial charge in [-0.3, -0.25) is 0 Å². The summed E-state index contributed by atoms with van der Waals surface area (Å²) in [5, 5.41) is 5.69. The molecule has 0 saturated heterocycles. The lowest BCUT2D eigenvalue weighted by molar-refractivity contribution is 0.170. The van der Waals surface area contributed by atoms with E-state index in [0.717, 1.165) is 22.2 Å². The van der Waals surface area contributed by atoms with E-state index in [-0.39, 0.29) is 12.1 Å². The summed E-state index contributed by atoms with van der Waals surface area (Å²) < 4.78 is 11.9. The molecule has 6 heteroatoms. The topological polar surface area (TPSA) is 59.6 Å². The number of halogens is 1. The largest absolute Gasteiger partial charge is 0.486 e. The van der Waals surface area contributed by atoms with Gasteiger partial charge in [0, 0.05) is 12.6 Å². The van der Waals surface area contributed by atoms with E-state index >= 15 is 0 Å². The summed E-state index contributed by atoms with van der Waals surface area (Å²) in [4.78, 5) is 11.7. The van der Waals surface area contributed by atoms with Crippen molar-refractivity contribution in [1.82, 2.24) is 10.6 Å². The molecule has 0 radical (unpaired) electrons. The summed E-state index contributed by atoms with van der Waals surface area (Å²) in [5.74, 6) is 1.44. The summed E-state index contributed by atoms with van der Waals surface area (Å²) in [7, 11) is 0. The monoisotopic (exact) mass is 342 g/mol. The highest BCUT2D eigenvalue weighted by molar-refractivity contribution is 9.10. The van der Waals surface area contributed by atoms with Crippen LogP contribution in [0.2, 0.25) is 0 Å². The van der Waals surface area contributed by atoms with E-state index in [1.54, 1.807) is 0 Å². The van der Waals surface area contributed by atoms with Crippen LogP contribution in [0.5, 0.6) is 11.5 Å². The van der Waals surface area contributed by atoms with Crippen LogP contribution in [0.25, 0.3) is 0 Å². The van der Waals surface area contributed by atoms with E-state index in [1.807, 2.05) is 26.0 Å². The highest BCUT2D eigenvalue weighted by atomic mass is 79.9. The summed E-state index contributed by atoms with van der Waals surface area (Å²) in [6, 6.07) is 3.83. The average molecular weight is 343 g/mol. The van der Waals surface area contributed by atoms with E-state index in [9.17, 15) is 4.79 Å². The van der Waals surface area contributed by atoms with Crippen LogP contribution in [-0.2, 0) is 6.54 Å². The molecule has 0 saturated carbocycles. The van der Waals surface area contributed by atoms with Crippen LogP contribution in [0.1, 0.15) is 25.8 Å². The number of urea groups is 1. The molecule has 5 nitrogen and oxygen atoms in total. The van der Waals surface area contributed by atoms with Gasteiger partial charge in [-0.25, -0.2) is 4.79 Å². The zero-order valence-corrected chi connectivity index (χ0v) is 13.2. The Morgan fingerprint density at radius 2 is 2.15 bits per heavy atom. The Morgan fingerprint density at radius 3 is 2.90 bits per heavy atom. The lowest BCUT2D eigenvalue weighted by atomic mass is 10.2. The molecule has 1 aromatic carbocycles. The average Bonchev–Trinajstić information content (AvgIpc) is 2.45. The van der Waals surface area contributed by atoms with Crippen molar-refractivity contribution < 1.29 is 14.3 Å². The number of carbonyl (C=O) groups is 1. The quantitative estimate of drug-likeness (QED) is 0.884. The third kappa shape index (κ3) is 3.79. The maximum atomic E-state index is 11.7. The van der Waals surface area contributed by atoms with Crippen molar-refractivity contribution in [1.29, 1.82) is 0 Å². The third-order valence-electron chi connectivity index (χ3n) is 3.10. The molecule has 1 aliphatic rings. The zero-order valence-electron chi connectivity index (χ0n) is 11.7. The van der Waals surface area contributed by atoms with E-state index in [0.29, 0.717) is 25.5 Å². The Balaban J connectivity index is 1.96. The molecule has 2 amide bonds. The maximum absolute atomic E-state index is 11.7. The molecule has 0 spiro atoms. The minimum Gasteiger partial charge on any atom is -0.486 e. The van der Waals surface area contributed by atoms with E-state index in [2.05, 4.69) is 26.6 Å². The highest BCUT2D eigenvalue weighted by Gasteiger charge is 2.16. The summed E-state index contributed by atoms with van der Waals surface area (Å²) in [5.41, 5.74) is 0.959. The molecule has 0 aromatic heterocycles. The van der Waals surface area contributed by atoms with Gasteiger partial charge in [0.2, 0.25) is 0 Å². The minimum absolute atomic E-state index is 0.162. The van der Waals surface area contributed by atoms with Crippen molar-refractivity contribution in [2.45, 2.75) is 32.9 Å². The van der Waals surface area contributed by atoms with Crippen molar-refractivity contribution in [2.75, 3.05) is 13.2 Å².